The molecule has 0 spiro atoms. The second-order valence-electron chi connectivity index (χ2n) is 6.97. The second kappa shape index (κ2) is 7.24. The van der Waals surface area contributed by atoms with E-state index >= 15 is 0 Å². The van der Waals surface area contributed by atoms with Crippen LogP contribution in [0.25, 0.3) is 5.52 Å². The monoisotopic (exact) mass is 404 g/mol. The first-order valence-electron chi connectivity index (χ1n) is 8.41. The van der Waals surface area contributed by atoms with Gasteiger partial charge in [-0.05, 0) is 12.3 Å². The van der Waals surface area contributed by atoms with Crippen LogP contribution < -0.4 is 5.32 Å². The van der Waals surface area contributed by atoms with Crippen LogP contribution in [0.3, 0.4) is 0 Å². The van der Waals surface area contributed by atoms with E-state index in [2.05, 4.69) is 34.2 Å². The van der Waals surface area contributed by atoms with Crippen LogP contribution in [0.2, 0.25) is 5.15 Å². The van der Waals surface area contributed by atoms with E-state index in [4.69, 9.17) is 11.6 Å². The Morgan fingerprint density at radius 2 is 2.19 bits per heavy atom. The molecule has 3 heterocycles. The van der Waals surface area contributed by atoms with Crippen molar-refractivity contribution < 1.29 is 12.8 Å². The van der Waals surface area contributed by atoms with Crippen LogP contribution in [-0.4, -0.2) is 63.9 Å². The van der Waals surface area contributed by atoms with Crippen molar-refractivity contribution in [1.82, 2.24) is 23.9 Å². The zero-order chi connectivity index (χ0) is 19.1. The van der Waals surface area contributed by atoms with Gasteiger partial charge < -0.3 is 5.32 Å². The number of piperidine rings is 1. The van der Waals surface area contributed by atoms with Crippen molar-refractivity contribution in [3.05, 3.63) is 17.2 Å². The number of nitrogens with one attached hydrogen (secondary N) is 1. The number of sulfonamides is 1. The highest BCUT2D eigenvalue weighted by atomic mass is 35.5. The normalized spacial score (nSPS) is 22.2. The fourth-order valence-corrected chi connectivity index (χ4v) is 4.05. The summed E-state index contributed by atoms with van der Waals surface area (Å²) in [4.78, 5) is 8.51. The van der Waals surface area contributed by atoms with Gasteiger partial charge in [-0.2, -0.15) is 4.31 Å². The highest BCUT2D eigenvalue weighted by molar-refractivity contribution is 7.88. The molecule has 2 aromatic rings. The Kier molecular flexibility index (Phi) is 5.36. The Balaban J connectivity index is 1.79. The van der Waals surface area contributed by atoms with Gasteiger partial charge in [-0.25, -0.2) is 27.3 Å². The Labute approximate surface area is 156 Å². The van der Waals surface area contributed by atoms with Gasteiger partial charge in [0.2, 0.25) is 16.0 Å². The van der Waals surface area contributed by atoms with E-state index in [-0.39, 0.29) is 19.0 Å². The molecule has 11 heteroatoms. The molecule has 0 saturated carbocycles. The van der Waals surface area contributed by atoms with Crippen molar-refractivity contribution in [3.8, 4) is 0 Å². The Morgan fingerprint density at radius 1 is 1.46 bits per heavy atom. The summed E-state index contributed by atoms with van der Waals surface area (Å²) in [7, 11) is -3.39. The van der Waals surface area contributed by atoms with Gasteiger partial charge in [0.05, 0.1) is 18.5 Å². The average molecular weight is 405 g/mol. The van der Waals surface area contributed by atoms with Crippen LogP contribution in [0.15, 0.2) is 6.20 Å². The third-order valence-electron chi connectivity index (χ3n) is 4.29. The molecule has 0 aromatic carbocycles. The van der Waals surface area contributed by atoms with E-state index in [0.29, 0.717) is 35.3 Å². The topological polar surface area (TPSA) is 92.5 Å². The van der Waals surface area contributed by atoms with E-state index in [1.807, 2.05) is 0 Å². The van der Waals surface area contributed by atoms with Gasteiger partial charge in [0.25, 0.3) is 0 Å². The molecule has 0 unspecified atom stereocenters. The number of halogens is 2. The molecule has 144 valence electrons. The van der Waals surface area contributed by atoms with Gasteiger partial charge in [-0.15, -0.1) is 5.10 Å². The largest absolute Gasteiger partial charge is 0.347 e. The molecule has 2 atom stereocenters. The number of rotatable bonds is 5. The van der Waals surface area contributed by atoms with Gasteiger partial charge in [-0.3, -0.25) is 0 Å². The summed E-state index contributed by atoms with van der Waals surface area (Å²) in [5.74, 6) is 1.35. The van der Waals surface area contributed by atoms with Gasteiger partial charge in [0, 0.05) is 19.5 Å². The number of aromatic nitrogens is 4. The lowest BCUT2D eigenvalue weighted by Gasteiger charge is -2.33. The first-order chi connectivity index (χ1) is 12.1. The van der Waals surface area contributed by atoms with Crippen molar-refractivity contribution in [3.63, 3.8) is 0 Å². The number of imidazole rings is 1. The number of fused-ring (bicyclic) bond motifs is 1. The highest BCUT2D eigenvalue weighted by Gasteiger charge is 2.33. The van der Waals surface area contributed by atoms with Gasteiger partial charge in [0.15, 0.2) is 5.15 Å². The van der Waals surface area contributed by atoms with Crippen molar-refractivity contribution >= 4 is 33.1 Å². The lowest BCUT2D eigenvalue weighted by atomic mass is 10.1. The Morgan fingerprint density at radius 3 is 2.81 bits per heavy atom. The highest BCUT2D eigenvalue weighted by Crippen LogP contribution is 2.22. The molecule has 0 radical (unpaired) electrons. The van der Waals surface area contributed by atoms with Crippen molar-refractivity contribution in [2.45, 2.75) is 38.9 Å². The molecule has 1 aliphatic heterocycles. The molecule has 1 fully saturated rings. The zero-order valence-corrected chi connectivity index (χ0v) is 16.4. The fraction of sp³-hybridized carbons (Fsp3) is 0.667. The van der Waals surface area contributed by atoms with E-state index in [1.165, 1.54) is 0 Å². The van der Waals surface area contributed by atoms with Crippen molar-refractivity contribution in [2.24, 2.45) is 5.92 Å². The summed E-state index contributed by atoms with van der Waals surface area (Å²) in [5.41, 5.74) is 0.594. The van der Waals surface area contributed by atoms with Gasteiger partial charge in [0.1, 0.15) is 17.5 Å². The minimum absolute atomic E-state index is 0.172. The van der Waals surface area contributed by atoms with Gasteiger partial charge in [-0.1, -0.05) is 25.4 Å². The predicted molar refractivity (Wildman–Crippen MR) is 97.7 cm³/mol. The summed E-state index contributed by atoms with van der Waals surface area (Å²) in [6.45, 7) is 4.22. The smallest absolute Gasteiger partial charge is 0.241 e. The van der Waals surface area contributed by atoms with Crippen molar-refractivity contribution in [1.29, 1.82) is 0 Å². The molecule has 8 nitrogen and oxygen atoms in total. The lowest BCUT2D eigenvalue weighted by Crippen LogP contribution is -2.49. The summed E-state index contributed by atoms with van der Waals surface area (Å²) in [6.07, 6.45) is 2.32. The first kappa shape index (κ1) is 19.2. The maximum atomic E-state index is 14.4. The summed E-state index contributed by atoms with van der Waals surface area (Å²) < 4.78 is 40.3. The van der Waals surface area contributed by atoms with Crippen LogP contribution >= 0.6 is 11.6 Å². The number of anilines is 1. The van der Waals surface area contributed by atoms with Gasteiger partial charge >= 0.3 is 0 Å². The van der Waals surface area contributed by atoms with E-state index in [0.717, 1.165) is 10.6 Å². The molecule has 1 saturated heterocycles. The van der Waals surface area contributed by atoms with E-state index < -0.39 is 22.2 Å². The molecular formula is C15H22ClFN6O2S. The quantitative estimate of drug-likeness (QED) is 0.816. The Bertz CT molecular complexity index is 903. The number of hydrogen-bond acceptors (Lipinski definition) is 6. The molecule has 1 N–H and O–H groups in total. The van der Waals surface area contributed by atoms with Crippen LogP contribution in [-0.2, 0) is 16.4 Å². The SMILES string of the molecule is CC(C)Cc1nc(Cl)c2cnc(N[C@@H]3CCN(S(C)(=O)=O)C[C@H]3F)nn12. The Hall–Kier alpha value is -1.52. The van der Waals surface area contributed by atoms with Crippen LogP contribution in [0, 0.1) is 5.92 Å². The molecule has 2 aromatic heterocycles. The number of nitrogens with zero attached hydrogens (tertiary/aromatic N) is 5. The van der Waals surface area contributed by atoms with Crippen LogP contribution in [0.5, 0.6) is 0 Å². The molecule has 0 amide bonds. The molecule has 0 bridgehead atoms. The van der Waals surface area contributed by atoms with Crippen molar-refractivity contribution in [2.75, 3.05) is 24.7 Å². The maximum Gasteiger partial charge on any atom is 0.241 e. The standard InChI is InChI=1S/C15H22ClFN6O2S/c1-9(2)6-13-20-14(16)12-7-18-15(21-23(12)13)19-11-4-5-22(8-10(11)17)26(3,24)25/h7,9-11H,4-6,8H2,1-3H3,(H,19,21)/t10-,11-/m1/s1. The fourth-order valence-electron chi connectivity index (χ4n) is 2.98. The molecule has 0 aliphatic carbocycles. The molecule has 3 rings (SSSR count). The van der Waals surface area contributed by atoms with E-state index in [9.17, 15) is 12.8 Å². The third kappa shape index (κ3) is 4.07. The average Bonchev–Trinajstić information content (AvgIpc) is 2.83. The summed E-state index contributed by atoms with van der Waals surface area (Å²) in [6, 6.07) is -0.557. The molecule has 26 heavy (non-hydrogen) atoms. The second-order valence-corrected chi connectivity index (χ2v) is 9.31. The number of hydrogen-bond donors (Lipinski definition) is 1. The van der Waals surface area contributed by atoms with Crippen LogP contribution in [0.4, 0.5) is 10.3 Å². The molecule has 1 aliphatic rings. The minimum Gasteiger partial charge on any atom is -0.347 e. The number of alkyl halides is 1. The first-order valence-corrected chi connectivity index (χ1v) is 10.6. The summed E-state index contributed by atoms with van der Waals surface area (Å²) in [5, 5.41) is 7.70. The predicted octanol–water partition coefficient (Wildman–Crippen LogP) is 1.76. The van der Waals surface area contributed by atoms with E-state index in [1.54, 1.807) is 10.7 Å². The maximum absolute atomic E-state index is 14.4. The van der Waals surface area contributed by atoms with Crippen LogP contribution in [0.1, 0.15) is 26.1 Å². The minimum atomic E-state index is -3.39. The summed E-state index contributed by atoms with van der Waals surface area (Å²) >= 11 is 6.13. The lowest BCUT2D eigenvalue weighted by molar-refractivity contribution is 0.186. The third-order valence-corrected chi connectivity index (χ3v) is 5.84. The molecular weight excluding hydrogens is 383 g/mol. The zero-order valence-electron chi connectivity index (χ0n) is 14.9.